The van der Waals surface area contributed by atoms with E-state index in [1.807, 2.05) is 4.90 Å². The first kappa shape index (κ1) is 13.1. The van der Waals surface area contributed by atoms with Crippen LogP contribution in [0, 0.1) is 5.41 Å². The van der Waals surface area contributed by atoms with Gasteiger partial charge in [0.15, 0.2) is 11.5 Å². The number of amides is 1. The van der Waals surface area contributed by atoms with Gasteiger partial charge in [-0.2, -0.15) is 0 Å². The van der Waals surface area contributed by atoms with Gasteiger partial charge in [-0.05, 0) is 24.7 Å². The molecule has 2 fully saturated rings. The molecule has 2 aliphatic rings. The smallest absolute Gasteiger partial charge is 0.257 e. The van der Waals surface area contributed by atoms with E-state index in [4.69, 9.17) is 9.47 Å². The summed E-state index contributed by atoms with van der Waals surface area (Å²) in [4.78, 5) is 14.5. The first-order valence-corrected chi connectivity index (χ1v) is 6.83. The molecule has 1 aromatic carbocycles. The molecule has 1 amide bonds. The van der Waals surface area contributed by atoms with Gasteiger partial charge in [-0.25, -0.2) is 0 Å². The van der Waals surface area contributed by atoms with Crippen molar-refractivity contribution >= 4 is 5.91 Å². The number of ether oxygens (including phenoxy) is 2. The topological polar surface area (TPSA) is 59.0 Å². The summed E-state index contributed by atoms with van der Waals surface area (Å²) in [7, 11) is 2.95. The van der Waals surface area contributed by atoms with Crippen LogP contribution in [0.25, 0.3) is 0 Å². The van der Waals surface area contributed by atoms with Crippen molar-refractivity contribution in [2.24, 2.45) is 5.41 Å². The third kappa shape index (κ3) is 2.07. The minimum absolute atomic E-state index is 0.0269. The molecule has 1 saturated heterocycles. The lowest BCUT2D eigenvalue weighted by Crippen LogP contribution is -2.29. The van der Waals surface area contributed by atoms with Crippen LogP contribution in [-0.4, -0.2) is 43.2 Å². The summed E-state index contributed by atoms with van der Waals surface area (Å²) in [5, 5.41) is 9.76. The van der Waals surface area contributed by atoms with Crippen molar-refractivity contribution in [3.8, 4) is 17.2 Å². The van der Waals surface area contributed by atoms with Gasteiger partial charge in [-0.1, -0.05) is 0 Å². The third-order valence-corrected chi connectivity index (χ3v) is 4.41. The molecular formula is C15H19NO4. The van der Waals surface area contributed by atoms with E-state index in [0.717, 1.165) is 19.5 Å². The number of benzene rings is 1. The van der Waals surface area contributed by atoms with Gasteiger partial charge < -0.3 is 19.5 Å². The van der Waals surface area contributed by atoms with Gasteiger partial charge in [0.2, 0.25) is 0 Å². The zero-order valence-corrected chi connectivity index (χ0v) is 11.8. The van der Waals surface area contributed by atoms with Crippen LogP contribution in [0.2, 0.25) is 0 Å². The van der Waals surface area contributed by atoms with Gasteiger partial charge >= 0.3 is 0 Å². The summed E-state index contributed by atoms with van der Waals surface area (Å²) >= 11 is 0. The van der Waals surface area contributed by atoms with Crippen molar-refractivity contribution in [2.45, 2.75) is 19.3 Å². The normalized spacial score (nSPS) is 19.2. The maximum absolute atomic E-state index is 12.6. The summed E-state index contributed by atoms with van der Waals surface area (Å²) < 4.78 is 10.3. The van der Waals surface area contributed by atoms with E-state index in [1.165, 1.54) is 33.1 Å². The first-order chi connectivity index (χ1) is 9.58. The Morgan fingerprint density at radius 2 is 1.90 bits per heavy atom. The molecule has 5 heteroatoms. The number of hydrogen-bond acceptors (Lipinski definition) is 4. The van der Waals surface area contributed by atoms with Crippen LogP contribution >= 0.6 is 0 Å². The molecule has 0 radical (unpaired) electrons. The van der Waals surface area contributed by atoms with Crippen LogP contribution in [-0.2, 0) is 0 Å². The molecule has 0 bridgehead atoms. The molecule has 1 heterocycles. The quantitative estimate of drug-likeness (QED) is 0.918. The molecule has 1 N–H and O–H groups in total. The molecule has 5 nitrogen and oxygen atoms in total. The number of rotatable bonds is 3. The molecule has 0 atom stereocenters. The second kappa shape index (κ2) is 4.58. The number of methoxy groups -OCH3 is 2. The lowest BCUT2D eigenvalue weighted by atomic mass is 10.1. The molecule has 3 rings (SSSR count). The number of carbonyl (C=O) groups is 1. The van der Waals surface area contributed by atoms with Crippen molar-refractivity contribution in [2.75, 3.05) is 27.3 Å². The van der Waals surface area contributed by atoms with Gasteiger partial charge in [-0.3, -0.25) is 4.79 Å². The molecule has 0 aromatic heterocycles. The van der Waals surface area contributed by atoms with Crippen molar-refractivity contribution < 1.29 is 19.4 Å². The molecule has 1 aliphatic carbocycles. The standard InChI is InChI=1S/C15H19NO4/c1-19-12-8-11(17)13(20-2)7-10(12)14(18)16-6-5-15(9-16)3-4-15/h7-8,17H,3-6,9H2,1-2H3. The maximum atomic E-state index is 12.6. The second-order valence-electron chi connectivity index (χ2n) is 5.70. The van der Waals surface area contributed by atoms with Gasteiger partial charge in [-0.15, -0.1) is 0 Å². The van der Waals surface area contributed by atoms with Gasteiger partial charge in [0.1, 0.15) is 5.75 Å². The summed E-state index contributed by atoms with van der Waals surface area (Å²) in [6.07, 6.45) is 3.55. The number of nitrogens with zero attached hydrogens (tertiary/aromatic N) is 1. The SMILES string of the molecule is COc1cc(C(=O)N2CCC3(CC3)C2)c(OC)cc1O. The Hall–Kier alpha value is -1.91. The Morgan fingerprint density at radius 3 is 2.45 bits per heavy atom. The first-order valence-electron chi connectivity index (χ1n) is 6.83. The highest BCUT2D eigenvalue weighted by Gasteiger charge is 2.49. The average Bonchev–Trinajstić information content (AvgIpc) is 3.07. The van der Waals surface area contributed by atoms with Gasteiger partial charge in [0, 0.05) is 25.2 Å². The molecule has 1 spiro atoms. The van der Waals surface area contributed by atoms with E-state index < -0.39 is 0 Å². The lowest BCUT2D eigenvalue weighted by Gasteiger charge is -2.19. The van der Waals surface area contributed by atoms with Crippen LogP contribution in [0.4, 0.5) is 0 Å². The molecule has 1 aromatic rings. The molecule has 1 saturated carbocycles. The highest BCUT2D eigenvalue weighted by Crippen LogP contribution is 2.53. The van der Waals surface area contributed by atoms with Crippen LogP contribution in [0.5, 0.6) is 17.2 Å². The van der Waals surface area contributed by atoms with Crippen LogP contribution in [0.15, 0.2) is 12.1 Å². The summed E-state index contributed by atoms with van der Waals surface area (Å²) in [6, 6.07) is 2.98. The van der Waals surface area contributed by atoms with Gasteiger partial charge in [0.05, 0.1) is 19.8 Å². The van der Waals surface area contributed by atoms with E-state index >= 15 is 0 Å². The number of likely N-dealkylation sites (tertiary alicyclic amines) is 1. The zero-order chi connectivity index (χ0) is 14.3. The molecule has 108 valence electrons. The Balaban J connectivity index is 1.90. The predicted octanol–water partition coefficient (Wildman–Crippen LogP) is 2.04. The number of hydrogen-bond donors (Lipinski definition) is 1. The second-order valence-corrected chi connectivity index (χ2v) is 5.70. The molecular weight excluding hydrogens is 258 g/mol. The highest BCUT2D eigenvalue weighted by molar-refractivity contribution is 5.98. The van der Waals surface area contributed by atoms with Crippen molar-refractivity contribution in [3.05, 3.63) is 17.7 Å². The van der Waals surface area contributed by atoms with E-state index in [-0.39, 0.29) is 17.4 Å². The van der Waals surface area contributed by atoms with Crippen molar-refractivity contribution in [1.29, 1.82) is 0 Å². The van der Waals surface area contributed by atoms with Crippen molar-refractivity contribution in [1.82, 2.24) is 4.90 Å². The number of carbonyl (C=O) groups excluding carboxylic acids is 1. The van der Waals surface area contributed by atoms with Gasteiger partial charge in [0.25, 0.3) is 5.91 Å². The third-order valence-electron chi connectivity index (χ3n) is 4.41. The van der Waals surface area contributed by atoms with E-state index in [0.29, 0.717) is 16.7 Å². The Morgan fingerprint density at radius 1 is 1.20 bits per heavy atom. The van der Waals surface area contributed by atoms with E-state index in [9.17, 15) is 9.90 Å². The summed E-state index contributed by atoms with van der Waals surface area (Å²) in [5.74, 6) is 0.587. The number of aromatic hydroxyl groups is 1. The minimum Gasteiger partial charge on any atom is -0.504 e. The molecule has 1 aliphatic heterocycles. The fraction of sp³-hybridized carbons (Fsp3) is 0.533. The zero-order valence-electron chi connectivity index (χ0n) is 11.8. The van der Waals surface area contributed by atoms with E-state index in [2.05, 4.69) is 0 Å². The van der Waals surface area contributed by atoms with Crippen LogP contribution < -0.4 is 9.47 Å². The Bertz CT molecular complexity index is 551. The monoisotopic (exact) mass is 277 g/mol. The predicted molar refractivity (Wildman–Crippen MR) is 73.4 cm³/mol. The van der Waals surface area contributed by atoms with Crippen molar-refractivity contribution in [3.63, 3.8) is 0 Å². The highest BCUT2D eigenvalue weighted by atomic mass is 16.5. The fourth-order valence-corrected chi connectivity index (χ4v) is 2.91. The average molecular weight is 277 g/mol. The molecule has 20 heavy (non-hydrogen) atoms. The summed E-state index contributed by atoms with van der Waals surface area (Å²) in [5.41, 5.74) is 0.837. The number of phenolic OH excluding ortho intramolecular Hbond substituents is 1. The summed E-state index contributed by atoms with van der Waals surface area (Å²) in [6.45, 7) is 1.63. The van der Waals surface area contributed by atoms with Crippen LogP contribution in [0.1, 0.15) is 29.6 Å². The number of phenols is 1. The largest absolute Gasteiger partial charge is 0.504 e. The Labute approximate surface area is 118 Å². The lowest BCUT2D eigenvalue weighted by molar-refractivity contribution is 0.0781. The van der Waals surface area contributed by atoms with E-state index in [1.54, 1.807) is 6.07 Å². The Kier molecular flexibility index (Phi) is 3.00. The minimum atomic E-state index is -0.0519. The maximum Gasteiger partial charge on any atom is 0.257 e. The molecule has 0 unspecified atom stereocenters. The van der Waals surface area contributed by atoms with Crippen LogP contribution in [0.3, 0.4) is 0 Å². The fourth-order valence-electron chi connectivity index (χ4n) is 2.91.